The fourth-order valence-electron chi connectivity index (χ4n) is 2.57. The number of carboxylic acid groups (broad SMARTS) is 1. The molecule has 106 valence electrons. The van der Waals surface area contributed by atoms with Crippen LogP contribution in [0.1, 0.15) is 28.6 Å². The first-order chi connectivity index (χ1) is 9.58. The molecule has 1 aliphatic rings. The molecule has 3 nitrogen and oxygen atoms in total. The fourth-order valence-corrected chi connectivity index (χ4v) is 3.65. The molecule has 5 heteroatoms. The summed E-state index contributed by atoms with van der Waals surface area (Å²) in [6.45, 7) is 3.48. The van der Waals surface area contributed by atoms with E-state index >= 15 is 0 Å². The van der Waals surface area contributed by atoms with Gasteiger partial charge in [0.2, 0.25) is 0 Å². The Hall–Kier alpha value is -1.46. The zero-order valence-corrected chi connectivity index (χ0v) is 12.0. The summed E-state index contributed by atoms with van der Waals surface area (Å²) in [6, 6.07) is 4.76. The van der Waals surface area contributed by atoms with Crippen LogP contribution in [0.15, 0.2) is 18.2 Å². The van der Waals surface area contributed by atoms with Crippen LogP contribution in [-0.2, 0) is 6.54 Å². The molecule has 0 bridgehead atoms. The summed E-state index contributed by atoms with van der Waals surface area (Å²) in [5, 5.41) is 13.0. The highest BCUT2D eigenvalue weighted by Gasteiger charge is 2.31. The average molecular weight is 293 g/mol. The molecule has 20 heavy (non-hydrogen) atoms. The fraction of sp³-hybridized carbons (Fsp3) is 0.400. The van der Waals surface area contributed by atoms with Crippen LogP contribution in [0, 0.1) is 17.7 Å². The van der Waals surface area contributed by atoms with Gasteiger partial charge in [-0.15, -0.1) is 11.3 Å². The van der Waals surface area contributed by atoms with Gasteiger partial charge >= 0.3 is 5.97 Å². The number of benzene rings is 1. The van der Waals surface area contributed by atoms with E-state index in [1.807, 2.05) is 0 Å². The standard InChI is InChI=1S/C15H16FNO2S/c1-8-5-9(8)6-17-7-10-13-11(16)3-2-4-12(13)20-14(10)15(18)19/h2-4,8-9,17H,5-7H2,1H3,(H,18,19). The Labute approximate surface area is 120 Å². The number of thiophene rings is 1. The van der Waals surface area contributed by atoms with Crippen LogP contribution in [-0.4, -0.2) is 17.6 Å². The van der Waals surface area contributed by atoms with Gasteiger partial charge in [-0.3, -0.25) is 0 Å². The quantitative estimate of drug-likeness (QED) is 0.887. The summed E-state index contributed by atoms with van der Waals surface area (Å²) in [5.41, 5.74) is 0.573. The van der Waals surface area contributed by atoms with Crippen LogP contribution >= 0.6 is 11.3 Å². The van der Waals surface area contributed by atoms with Gasteiger partial charge in [0.05, 0.1) is 0 Å². The lowest BCUT2D eigenvalue weighted by atomic mass is 10.1. The van der Waals surface area contributed by atoms with Crippen LogP contribution < -0.4 is 5.32 Å². The van der Waals surface area contributed by atoms with Gasteiger partial charge in [0.1, 0.15) is 10.7 Å². The minimum atomic E-state index is -0.984. The van der Waals surface area contributed by atoms with Crippen molar-refractivity contribution in [2.24, 2.45) is 11.8 Å². The average Bonchev–Trinajstić information content (AvgIpc) is 2.96. The molecule has 2 aromatic rings. The van der Waals surface area contributed by atoms with Gasteiger partial charge < -0.3 is 10.4 Å². The molecule has 3 rings (SSSR count). The summed E-state index contributed by atoms with van der Waals surface area (Å²) in [4.78, 5) is 11.6. The van der Waals surface area contributed by atoms with E-state index in [9.17, 15) is 14.3 Å². The predicted molar refractivity (Wildman–Crippen MR) is 77.7 cm³/mol. The summed E-state index contributed by atoms with van der Waals surface area (Å²) >= 11 is 1.14. The summed E-state index contributed by atoms with van der Waals surface area (Å²) < 4.78 is 14.7. The number of hydrogen-bond acceptors (Lipinski definition) is 3. The van der Waals surface area contributed by atoms with Crippen molar-refractivity contribution >= 4 is 27.4 Å². The van der Waals surface area contributed by atoms with Crippen LogP contribution in [0.4, 0.5) is 4.39 Å². The number of fused-ring (bicyclic) bond motifs is 1. The van der Waals surface area contributed by atoms with E-state index < -0.39 is 5.97 Å². The molecular formula is C15H16FNO2S. The van der Waals surface area contributed by atoms with Gasteiger partial charge in [0, 0.05) is 22.2 Å². The molecule has 1 heterocycles. The molecule has 1 aromatic heterocycles. The predicted octanol–water partition coefficient (Wildman–Crippen LogP) is 3.48. The normalized spacial score (nSPS) is 21.3. The van der Waals surface area contributed by atoms with E-state index in [2.05, 4.69) is 12.2 Å². The van der Waals surface area contributed by atoms with Gasteiger partial charge in [-0.2, -0.15) is 0 Å². The minimum absolute atomic E-state index is 0.237. The molecule has 0 radical (unpaired) electrons. The van der Waals surface area contributed by atoms with Gasteiger partial charge in [-0.05, 0) is 36.9 Å². The lowest BCUT2D eigenvalue weighted by molar-refractivity contribution is 0.0701. The highest BCUT2D eigenvalue weighted by atomic mass is 32.1. The highest BCUT2D eigenvalue weighted by Crippen LogP contribution is 2.37. The van der Waals surface area contributed by atoms with Gasteiger partial charge in [0.15, 0.2) is 0 Å². The van der Waals surface area contributed by atoms with Crippen LogP contribution in [0.3, 0.4) is 0 Å². The SMILES string of the molecule is CC1CC1CNCc1c(C(=O)O)sc2cccc(F)c12. The third-order valence-electron chi connectivity index (χ3n) is 3.94. The van der Waals surface area contributed by atoms with E-state index in [0.717, 1.165) is 23.8 Å². The van der Waals surface area contributed by atoms with Crippen molar-refractivity contribution in [3.8, 4) is 0 Å². The van der Waals surface area contributed by atoms with Crippen molar-refractivity contribution in [3.05, 3.63) is 34.5 Å². The topological polar surface area (TPSA) is 49.3 Å². The second-order valence-electron chi connectivity index (χ2n) is 5.43. The number of hydrogen-bond donors (Lipinski definition) is 2. The van der Waals surface area contributed by atoms with Crippen LogP contribution in [0.5, 0.6) is 0 Å². The van der Waals surface area contributed by atoms with E-state index in [1.54, 1.807) is 12.1 Å². The molecular weight excluding hydrogens is 277 g/mol. The Kier molecular flexibility index (Phi) is 3.48. The first-order valence-corrected chi connectivity index (χ1v) is 7.53. The molecule has 0 aliphatic heterocycles. The van der Waals surface area contributed by atoms with Gasteiger partial charge in [-0.25, -0.2) is 9.18 Å². The van der Waals surface area contributed by atoms with Crippen molar-refractivity contribution in [2.45, 2.75) is 19.9 Å². The number of nitrogens with one attached hydrogen (secondary N) is 1. The third-order valence-corrected chi connectivity index (χ3v) is 5.13. The number of aromatic carboxylic acids is 1. The zero-order chi connectivity index (χ0) is 14.3. The molecule has 1 fully saturated rings. The Morgan fingerprint density at radius 1 is 1.55 bits per heavy atom. The van der Waals surface area contributed by atoms with Gasteiger partial charge in [0.25, 0.3) is 0 Å². The first kappa shape index (κ1) is 13.5. The Morgan fingerprint density at radius 2 is 2.30 bits per heavy atom. The molecule has 2 unspecified atom stereocenters. The van der Waals surface area contributed by atoms with Crippen molar-refractivity contribution in [3.63, 3.8) is 0 Å². The molecule has 2 N–H and O–H groups in total. The monoisotopic (exact) mass is 293 g/mol. The lowest BCUT2D eigenvalue weighted by Crippen LogP contribution is -2.18. The lowest BCUT2D eigenvalue weighted by Gasteiger charge is -2.05. The minimum Gasteiger partial charge on any atom is -0.477 e. The van der Waals surface area contributed by atoms with E-state index in [4.69, 9.17) is 0 Å². The molecule has 1 aromatic carbocycles. The van der Waals surface area contributed by atoms with Crippen LogP contribution in [0.25, 0.3) is 10.1 Å². The maximum Gasteiger partial charge on any atom is 0.346 e. The Bertz CT molecular complexity index is 667. The van der Waals surface area contributed by atoms with Crippen LogP contribution in [0.2, 0.25) is 0 Å². The zero-order valence-electron chi connectivity index (χ0n) is 11.1. The second-order valence-corrected chi connectivity index (χ2v) is 6.48. The summed E-state index contributed by atoms with van der Waals surface area (Å²) in [6.07, 6.45) is 1.22. The Morgan fingerprint density at radius 3 is 2.95 bits per heavy atom. The van der Waals surface area contributed by atoms with Crippen molar-refractivity contribution in [1.29, 1.82) is 0 Å². The molecule has 0 amide bonds. The largest absolute Gasteiger partial charge is 0.477 e. The Balaban J connectivity index is 1.89. The summed E-state index contributed by atoms with van der Waals surface area (Å²) in [7, 11) is 0. The number of carboxylic acids is 1. The van der Waals surface area contributed by atoms with Crippen molar-refractivity contribution in [1.82, 2.24) is 5.32 Å². The van der Waals surface area contributed by atoms with E-state index in [1.165, 1.54) is 12.5 Å². The molecule has 0 saturated heterocycles. The second kappa shape index (κ2) is 5.14. The summed E-state index contributed by atoms with van der Waals surface area (Å²) in [5.74, 6) is 0.0976. The van der Waals surface area contributed by atoms with E-state index in [0.29, 0.717) is 28.1 Å². The van der Waals surface area contributed by atoms with Crippen molar-refractivity contribution < 1.29 is 14.3 Å². The number of carbonyl (C=O) groups is 1. The maximum absolute atomic E-state index is 14.0. The maximum atomic E-state index is 14.0. The molecule has 1 aliphatic carbocycles. The van der Waals surface area contributed by atoms with Gasteiger partial charge in [-0.1, -0.05) is 13.0 Å². The smallest absolute Gasteiger partial charge is 0.346 e. The molecule has 1 saturated carbocycles. The highest BCUT2D eigenvalue weighted by molar-refractivity contribution is 7.21. The molecule has 2 atom stereocenters. The molecule has 0 spiro atoms. The number of rotatable bonds is 5. The van der Waals surface area contributed by atoms with E-state index in [-0.39, 0.29) is 10.7 Å². The van der Waals surface area contributed by atoms with Crippen molar-refractivity contribution in [2.75, 3.05) is 6.54 Å². The number of halogens is 1. The third kappa shape index (κ3) is 2.43. The first-order valence-electron chi connectivity index (χ1n) is 6.72.